The Morgan fingerprint density at radius 2 is 1.52 bits per heavy atom. The fraction of sp³-hybridized carbons (Fsp3) is 0.273. The van der Waals surface area contributed by atoms with Gasteiger partial charge in [-0.25, -0.2) is 9.18 Å². The number of ether oxygens (including phenoxy) is 1. The Morgan fingerprint density at radius 3 is 1.97 bits per heavy atom. The number of carbonyl (C=O) groups is 2. The van der Waals surface area contributed by atoms with Gasteiger partial charge in [-0.2, -0.15) is 13.2 Å². The van der Waals surface area contributed by atoms with Gasteiger partial charge in [0.2, 0.25) is 0 Å². The van der Waals surface area contributed by atoms with Gasteiger partial charge in [-0.05, 0) is 69.2 Å². The third-order valence-electron chi connectivity index (χ3n) is 4.01. The number of ketones is 1. The maximum atomic E-state index is 13.6. The van der Waals surface area contributed by atoms with E-state index in [9.17, 15) is 27.2 Å². The minimum absolute atomic E-state index is 0.0779. The normalized spacial score (nSPS) is 12.6. The van der Waals surface area contributed by atoms with Crippen LogP contribution in [-0.2, 0) is 4.74 Å². The fourth-order valence-corrected chi connectivity index (χ4v) is 3.12. The molecule has 0 aliphatic carbocycles. The summed E-state index contributed by atoms with van der Waals surface area (Å²) in [5, 5.41) is -1.22. The summed E-state index contributed by atoms with van der Waals surface area (Å²) < 4.78 is 59.6. The van der Waals surface area contributed by atoms with Gasteiger partial charge in [-0.1, -0.05) is 29.3 Å². The average molecular weight is 477 g/mol. The highest BCUT2D eigenvalue weighted by atomic mass is 35.5. The number of allylic oxidation sites excluding steroid dienone is 2. The maximum Gasteiger partial charge on any atom is 0.417 e. The zero-order chi connectivity index (χ0) is 23.7. The highest BCUT2D eigenvalue weighted by Gasteiger charge is 2.36. The molecule has 0 aromatic heterocycles. The molecule has 2 aromatic rings. The van der Waals surface area contributed by atoms with Crippen LogP contribution >= 0.6 is 23.2 Å². The first-order chi connectivity index (χ1) is 14.1. The first-order valence-corrected chi connectivity index (χ1v) is 9.68. The highest BCUT2D eigenvalue weighted by Crippen LogP contribution is 2.37. The molecule has 0 aliphatic heterocycles. The molecular weight excluding hydrogens is 459 g/mol. The van der Waals surface area contributed by atoms with Crippen LogP contribution in [0, 0.1) is 12.7 Å². The smallest absolute Gasteiger partial charge is 0.417 e. The summed E-state index contributed by atoms with van der Waals surface area (Å²) >= 11 is 11.2. The molecule has 0 spiro atoms. The predicted octanol–water partition coefficient (Wildman–Crippen LogP) is 7.22. The van der Waals surface area contributed by atoms with E-state index < -0.39 is 50.5 Å². The molecule has 0 heterocycles. The van der Waals surface area contributed by atoms with Crippen molar-refractivity contribution in [1.82, 2.24) is 0 Å². The molecule has 166 valence electrons. The number of esters is 1. The fourth-order valence-electron chi connectivity index (χ4n) is 2.63. The number of hydrogen-bond acceptors (Lipinski definition) is 3. The summed E-state index contributed by atoms with van der Waals surface area (Å²) in [6, 6.07) is 5.31. The maximum absolute atomic E-state index is 13.6. The Kier molecular flexibility index (Phi) is 7.23. The zero-order valence-electron chi connectivity index (χ0n) is 17.0. The largest absolute Gasteiger partial charge is 0.456 e. The van der Waals surface area contributed by atoms with Crippen LogP contribution in [0.5, 0.6) is 0 Å². The number of hydrogen-bond donors (Lipinski definition) is 0. The summed E-state index contributed by atoms with van der Waals surface area (Å²) in [5.74, 6) is -2.65. The highest BCUT2D eigenvalue weighted by molar-refractivity contribution is 6.35. The van der Waals surface area contributed by atoms with Gasteiger partial charge in [0.15, 0.2) is 11.6 Å². The topological polar surface area (TPSA) is 43.4 Å². The van der Waals surface area contributed by atoms with Gasteiger partial charge in [0.1, 0.15) is 5.60 Å². The Labute approximate surface area is 186 Å². The first-order valence-electron chi connectivity index (χ1n) is 8.92. The third kappa shape index (κ3) is 6.31. The van der Waals surface area contributed by atoms with Gasteiger partial charge < -0.3 is 4.74 Å². The van der Waals surface area contributed by atoms with Gasteiger partial charge in [-0.3, -0.25) is 4.79 Å². The van der Waals surface area contributed by atoms with Gasteiger partial charge in [0.25, 0.3) is 0 Å². The molecule has 0 atom stereocenters. The lowest BCUT2D eigenvalue weighted by atomic mass is 9.98. The molecule has 3 nitrogen and oxygen atoms in total. The van der Waals surface area contributed by atoms with E-state index >= 15 is 0 Å². The van der Waals surface area contributed by atoms with Gasteiger partial charge in [-0.15, -0.1) is 0 Å². The van der Waals surface area contributed by atoms with Crippen LogP contribution in [0.25, 0.3) is 5.57 Å². The van der Waals surface area contributed by atoms with Crippen LogP contribution < -0.4 is 0 Å². The molecular formula is C22H18Cl2F4O3. The molecule has 2 aromatic carbocycles. The van der Waals surface area contributed by atoms with Crippen LogP contribution in [-0.4, -0.2) is 23.5 Å². The van der Waals surface area contributed by atoms with Crippen LogP contribution in [0.3, 0.4) is 0 Å². The Balaban J connectivity index is 2.46. The van der Waals surface area contributed by atoms with Crippen molar-refractivity contribution in [2.45, 2.75) is 39.5 Å². The lowest BCUT2D eigenvalue weighted by Gasteiger charge is -2.20. The van der Waals surface area contributed by atoms with E-state index in [1.54, 1.807) is 20.8 Å². The lowest BCUT2D eigenvalue weighted by Crippen LogP contribution is -2.24. The van der Waals surface area contributed by atoms with E-state index in [1.165, 1.54) is 25.1 Å². The second kappa shape index (κ2) is 9.01. The molecule has 0 fully saturated rings. The summed E-state index contributed by atoms with van der Waals surface area (Å²) in [4.78, 5) is 24.8. The molecule has 0 unspecified atom stereocenters. The second-order valence-electron chi connectivity index (χ2n) is 7.71. The molecule has 9 heteroatoms. The van der Waals surface area contributed by atoms with E-state index in [2.05, 4.69) is 0 Å². The minimum atomic E-state index is -4.94. The van der Waals surface area contributed by atoms with Gasteiger partial charge >= 0.3 is 12.1 Å². The van der Waals surface area contributed by atoms with Crippen molar-refractivity contribution in [3.63, 3.8) is 0 Å². The Hall–Kier alpha value is -2.38. The summed E-state index contributed by atoms with van der Waals surface area (Å²) in [5.41, 5.74) is -2.17. The number of rotatable bonds is 4. The number of carbonyl (C=O) groups excluding carboxylic acids is 2. The monoisotopic (exact) mass is 476 g/mol. The molecule has 0 amide bonds. The van der Waals surface area contributed by atoms with Crippen LogP contribution in [0.2, 0.25) is 10.0 Å². The Bertz CT molecular complexity index is 1040. The van der Waals surface area contributed by atoms with Crippen LogP contribution in [0.4, 0.5) is 17.6 Å². The van der Waals surface area contributed by atoms with E-state index in [0.717, 1.165) is 12.1 Å². The van der Waals surface area contributed by atoms with Crippen molar-refractivity contribution < 1.29 is 31.9 Å². The summed E-state index contributed by atoms with van der Waals surface area (Å²) in [7, 11) is 0. The van der Waals surface area contributed by atoms with E-state index in [-0.39, 0.29) is 11.1 Å². The number of benzene rings is 2. The van der Waals surface area contributed by atoms with E-state index in [4.69, 9.17) is 27.9 Å². The van der Waals surface area contributed by atoms with Crippen molar-refractivity contribution in [3.05, 3.63) is 74.5 Å². The van der Waals surface area contributed by atoms with E-state index in [0.29, 0.717) is 11.6 Å². The molecule has 0 aliphatic rings. The molecule has 0 N–H and O–H groups in total. The predicted molar refractivity (Wildman–Crippen MR) is 111 cm³/mol. The van der Waals surface area contributed by atoms with Crippen molar-refractivity contribution in [3.8, 4) is 0 Å². The SMILES string of the molecule is Cc1cc(C(=O)/C=C(\c2cc(Cl)c(F)c(Cl)c2)C(F)(F)F)ccc1C(=O)OC(C)(C)C. The van der Waals surface area contributed by atoms with Crippen LogP contribution in [0.15, 0.2) is 36.4 Å². The molecule has 0 bridgehead atoms. The minimum Gasteiger partial charge on any atom is -0.456 e. The number of aryl methyl sites for hydroxylation is 1. The summed E-state index contributed by atoms with van der Waals surface area (Å²) in [6.45, 7) is 6.60. The quantitative estimate of drug-likeness (QED) is 0.154. The number of halogens is 6. The van der Waals surface area contributed by atoms with Crippen molar-refractivity contribution in [1.29, 1.82) is 0 Å². The molecule has 0 saturated carbocycles. The molecule has 0 radical (unpaired) electrons. The molecule has 2 rings (SSSR count). The third-order valence-corrected chi connectivity index (χ3v) is 4.56. The van der Waals surface area contributed by atoms with Crippen molar-refractivity contribution in [2.24, 2.45) is 0 Å². The summed E-state index contributed by atoms with van der Waals surface area (Å²) in [6.07, 6.45) is -4.56. The second-order valence-corrected chi connectivity index (χ2v) is 8.52. The standard InChI is InChI=1S/C22H18Cl2F4O3/c1-11-7-12(5-6-14(11)20(30)31-21(2,3)4)18(29)10-15(22(26,27)28)13-8-16(23)19(25)17(24)9-13/h5-10H,1-4H3/b15-10+. The van der Waals surface area contributed by atoms with Gasteiger partial charge in [0, 0.05) is 5.56 Å². The van der Waals surface area contributed by atoms with Crippen molar-refractivity contribution >= 4 is 40.5 Å². The first kappa shape index (κ1) is 24.9. The average Bonchev–Trinajstić information content (AvgIpc) is 2.60. The van der Waals surface area contributed by atoms with Crippen molar-refractivity contribution in [2.75, 3.05) is 0 Å². The molecule has 0 saturated heterocycles. The number of alkyl halides is 3. The zero-order valence-corrected chi connectivity index (χ0v) is 18.5. The van der Waals surface area contributed by atoms with Crippen LogP contribution in [0.1, 0.15) is 52.6 Å². The molecule has 31 heavy (non-hydrogen) atoms. The van der Waals surface area contributed by atoms with Gasteiger partial charge in [0.05, 0.1) is 21.2 Å². The Morgan fingerprint density at radius 1 is 0.968 bits per heavy atom. The van der Waals surface area contributed by atoms with E-state index in [1.807, 2.05) is 0 Å². The lowest BCUT2D eigenvalue weighted by molar-refractivity contribution is -0.0690.